The molecule has 2 saturated carbocycles. The summed E-state index contributed by atoms with van der Waals surface area (Å²) in [5, 5.41) is 14.1. The molecule has 4 aromatic carbocycles. The Kier molecular flexibility index (Phi) is 19.0. The molecule has 0 spiro atoms. The van der Waals surface area contributed by atoms with Gasteiger partial charge in [-0.3, -0.25) is 23.9 Å². The second-order valence-corrected chi connectivity index (χ2v) is 29.5. The molecule has 0 unspecified atom stereocenters. The molecule has 6 aliphatic rings. The molecule has 4 fully saturated rings. The summed E-state index contributed by atoms with van der Waals surface area (Å²) in [6.07, 6.45) is 1.60. The van der Waals surface area contributed by atoms with Gasteiger partial charge in [-0.25, -0.2) is 42.7 Å². The van der Waals surface area contributed by atoms with Crippen LogP contribution >= 0.6 is 0 Å². The van der Waals surface area contributed by atoms with Gasteiger partial charge in [-0.05, 0) is 95.7 Å². The monoisotopic (exact) mass is 1370 g/mol. The number of ether oxygens (including phenoxy) is 4. The number of allylic oxidation sites excluding steroid dienone is 1. The van der Waals surface area contributed by atoms with Gasteiger partial charge < -0.3 is 44.5 Å². The van der Waals surface area contributed by atoms with E-state index in [1.807, 2.05) is 0 Å². The maximum Gasteiger partial charge on any atom is 0.408 e. The molecule has 4 aliphatic heterocycles. The number of amides is 5. The van der Waals surface area contributed by atoms with Gasteiger partial charge in [-0.2, -0.15) is 17.6 Å². The van der Waals surface area contributed by atoms with Crippen LogP contribution in [0.15, 0.2) is 122 Å². The van der Waals surface area contributed by atoms with Crippen LogP contribution in [-0.2, 0) is 43.5 Å². The summed E-state index contributed by atoms with van der Waals surface area (Å²) in [6, 6.07) is 22.4. The molecule has 2 saturated heterocycles. The van der Waals surface area contributed by atoms with Crippen LogP contribution in [0.3, 0.4) is 0 Å². The summed E-state index contributed by atoms with van der Waals surface area (Å²) in [4.78, 5) is 115. The average molecular weight is 1370 g/mol. The number of carbonyl (C=O) groups excluding carboxylic acids is 6. The number of aliphatic carboxylic acids is 1. The minimum Gasteiger partial charge on any atom is -0.480 e. The zero-order chi connectivity index (χ0) is 70.4. The molecule has 6 heterocycles. The van der Waals surface area contributed by atoms with Crippen molar-refractivity contribution in [1.82, 2.24) is 45.1 Å². The van der Waals surface area contributed by atoms with Crippen molar-refractivity contribution in [3.63, 3.8) is 0 Å². The van der Waals surface area contributed by atoms with Crippen LogP contribution in [0.2, 0.25) is 0 Å². The smallest absolute Gasteiger partial charge is 0.408 e. The molecular formula is C70H73F4N9O14S. The number of nitrogens with one attached hydrogen (secondary N) is 3. The van der Waals surface area contributed by atoms with Crippen molar-refractivity contribution in [3.05, 3.63) is 133 Å². The van der Waals surface area contributed by atoms with E-state index < -0.39 is 147 Å². The highest BCUT2D eigenvalue weighted by atomic mass is 32.2. The van der Waals surface area contributed by atoms with Crippen LogP contribution in [0.1, 0.15) is 91.2 Å². The predicted octanol–water partition coefficient (Wildman–Crippen LogP) is 9.74. The molecule has 12 rings (SSSR count). The maximum absolute atomic E-state index is 15.0. The van der Waals surface area contributed by atoms with E-state index in [9.17, 15) is 55.9 Å². The van der Waals surface area contributed by atoms with E-state index in [0.29, 0.717) is 80.7 Å². The Balaban J connectivity index is 0.000000207. The minimum atomic E-state index is -3.92. The number of hydrogen-bond donors (Lipinski definition) is 4. The first kappa shape index (κ1) is 69.5. The lowest BCUT2D eigenvalue weighted by Crippen LogP contribution is -2.57. The summed E-state index contributed by atoms with van der Waals surface area (Å²) >= 11 is 0. The summed E-state index contributed by atoms with van der Waals surface area (Å²) in [7, 11) is -3.92. The van der Waals surface area contributed by atoms with Gasteiger partial charge in [0.05, 0.1) is 51.9 Å². The molecule has 5 amide bonds. The first-order chi connectivity index (χ1) is 46.2. The number of carbonyl (C=O) groups is 7. The SMILES string of the molecule is C=C[C@@H]1C[C@]1(CC(=O)[C@@H]1C[C@@H]2CN1C(=O)[C@H](C(C)(C)C)NC(=O)OCC(F)(F)/C=C/c1cccc(c1)-c1nc3ccccc3nc1O2)C(=O)NS(=O)(=O)C1CC1.CC(C)(C)[C@@H]1NC(=O)OCC(F)(F)/C=C/c2cccc(c2)-c2nc3ccccc3nc2O[C@@H]2C[C@@H](C(=O)O)N(C2)C1=O. The number of para-hydroxylation sites is 4. The second kappa shape index (κ2) is 26.9. The van der Waals surface area contributed by atoms with Gasteiger partial charge in [0.15, 0.2) is 19.0 Å². The Morgan fingerprint density at radius 2 is 1.08 bits per heavy atom. The van der Waals surface area contributed by atoms with E-state index in [1.54, 1.807) is 139 Å². The minimum absolute atomic E-state index is 0.0499. The van der Waals surface area contributed by atoms with Crippen molar-refractivity contribution in [1.29, 1.82) is 0 Å². The highest BCUT2D eigenvalue weighted by Crippen LogP contribution is 2.57. The number of alkyl halides is 4. The molecular weight excluding hydrogens is 1300 g/mol. The third kappa shape index (κ3) is 15.6. The summed E-state index contributed by atoms with van der Waals surface area (Å²) in [6.45, 7) is 10.9. The highest BCUT2D eigenvalue weighted by Gasteiger charge is 2.62. The number of sulfonamides is 1. The number of carboxylic acid groups (broad SMARTS) is 1. The Morgan fingerprint density at radius 3 is 1.49 bits per heavy atom. The lowest BCUT2D eigenvalue weighted by Gasteiger charge is -2.35. The van der Waals surface area contributed by atoms with Gasteiger partial charge in [-0.15, -0.1) is 6.58 Å². The number of cyclic esters (lactones) is 2. The third-order valence-electron chi connectivity index (χ3n) is 17.8. The molecule has 2 aromatic heterocycles. The lowest BCUT2D eigenvalue weighted by atomic mass is 9.85. The first-order valence-electron chi connectivity index (χ1n) is 31.8. The van der Waals surface area contributed by atoms with Crippen molar-refractivity contribution < 1.29 is 83.6 Å². The van der Waals surface area contributed by atoms with Crippen LogP contribution < -0.4 is 24.8 Å². The Hall–Kier alpha value is -9.86. The Labute approximate surface area is 561 Å². The summed E-state index contributed by atoms with van der Waals surface area (Å²) in [5.41, 5.74) is 1.28. The number of nitrogens with zero attached hydrogens (tertiary/aromatic N) is 6. The number of halogens is 4. The molecule has 23 nitrogen and oxygen atoms in total. The predicted molar refractivity (Wildman–Crippen MR) is 351 cm³/mol. The number of carboxylic acids is 1. The van der Waals surface area contributed by atoms with Crippen LogP contribution in [0.5, 0.6) is 11.8 Å². The van der Waals surface area contributed by atoms with E-state index in [2.05, 4.69) is 26.9 Å². The number of Topliss-reactive ketones (excluding diaryl/α,β-unsaturated/α-hetero) is 1. The van der Waals surface area contributed by atoms with Crippen molar-refractivity contribution in [2.75, 3.05) is 26.3 Å². The van der Waals surface area contributed by atoms with E-state index in [0.717, 1.165) is 4.90 Å². The molecule has 0 radical (unpaired) electrons. The molecule has 8 atom stereocenters. The number of rotatable bonds is 8. The number of aromatic nitrogens is 4. The summed E-state index contributed by atoms with van der Waals surface area (Å²) in [5.74, 6) is -11.4. The van der Waals surface area contributed by atoms with Gasteiger partial charge in [0.25, 0.3) is 11.8 Å². The van der Waals surface area contributed by atoms with E-state index in [4.69, 9.17) is 33.9 Å². The Morgan fingerprint density at radius 1 is 0.653 bits per heavy atom. The number of ketones is 1. The van der Waals surface area contributed by atoms with E-state index >= 15 is 8.78 Å². The van der Waals surface area contributed by atoms with Crippen molar-refractivity contribution in [2.45, 2.75) is 134 Å². The lowest BCUT2D eigenvalue weighted by molar-refractivity contribution is -0.150. The standard InChI is InChI=1S/C40H43F2N5O8S.C30H30F2N4O6/c1-5-25-19-39(25,36(50)46-56(52,53)27-13-14-27)20-31(48)30-18-26-21-47(30)35(49)33(38(2,3)4)45-37(51)54-22-40(41,42)16-15-23-9-8-10-24(17-23)32-34(55-26)44-29-12-7-6-11-28(29)43-32;1-29(2,3)24-26(37)36-15-19(14-22(36)27(38)39)42-25-23(33-20-9-4-5-10-21(20)34-25)18-8-6-7-17(13-18)11-12-30(31,32)16-41-28(40)35-24/h5-12,15-17,25-27,30,33H,1,13-14,18-22H2,2-4H3,(H,45,51)(H,46,50);4-13,19,22,24H,14-16H2,1-3H3,(H,35,40)(H,38,39)/b16-15+;12-11+/t25-,26-,30+,33-,39-;19-,22+,24-/m11/s1. The van der Waals surface area contributed by atoms with Gasteiger partial charge in [0, 0.05) is 30.4 Å². The Bertz CT molecular complexity index is 4370. The largest absolute Gasteiger partial charge is 0.480 e. The number of alkyl carbamates (subject to hydrolysis) is 2. The number of fused-ring (bicyclic) bond motifs is 14. The van der Waals surface area contributed by atoms with E-state index in [1.165, 1.54) is 23.1 Å². The second-order valence-electron chi connectivity index (χ2n) is 27.5. The fourth-order valence-corrected chi connectivity index (χ4v) is 13.7. The number of benzene rings is 4. The van der Waals surface area contributed by atoms with Gasteiger partial charge in [0.1, 0.15) is 41.7 Å². The van der Waals surface area contributed by atoms with Crippen LogP contribution in [0, 0.1) is 22.2 Å². The normalized spacial score (nSPS) is 25.6. The molecule has 98 heavy (non-hydrogen) atoms. The van der Waals surface area contributed by atoms with Crippen LogP contribution in [0.25, 0.3) is 56.7 Å². The number of hydrogen-bond acceptors (Lipinski definition) is 17. The molecule has 28 heteroatoms. The van der Waals surface area contributed by atoms with Gasteiger partial charge >= 0.3 is 18.2 Å². The molecule has 4 N–H and O–H groups in total. The zero-order valence-corrected chi connectivity index (χ0v) is 55.2. The van der Waals surface area contributed by atoms with Gasteiger partial charge in [-0.1, -0.05) is 120 Å². The highest BCUT2D eigenvalue weighted by molar-refractivity contribution is 7.91. The maximum atomic E-state index is 15.0. The fourth-order valence-electron chi connectivity index (χ4n) is 12.3. The van der Waals surface area contributed by atoms with Crippen molar-refractivity contribution in [3.8, 4) is 34.3 Å². The van der Waals surface area contributed by atoms with Crippen LogP contribution in [0.4, 0.5) is 27.2 Å². The van der Waals surface area contributed by atoms with E-state index in [-0.39, 0.29) is 44.1 Å². The average Bonchev–Trinajstić information content (AvgIpc) is 1.56. The zero-order valence-electron chi connectivity index (χ0n) is 54.4. The fraction of sp³-hybridized carbons (Fsp3) is 0.414. The topological polar surface area (TPSA) is 305 Å². The molecule has 2 aliphatic carbocycles. The quantitative estimate of drug-likeness (QED) is 0.0813. The molecule has 6 aromatic rings. The third-order valence-corrected chi connectivity index (χ3v) is 19.7. The van der Waals surface area contributed by atoms with Crippen LogP contribution in [-0.4, -0.2) is 165 Å². The molecule has 8 bridgehead atoms. The first-order valence-corrected chi connectivity index (χ1v) is 33.4. The molecule has 516 valence electrons. The van der Waals surface area contributed by atoms with Gasteiger partial charge in [0.2, 0.25) is 39.5 Å². The van der Waals surface area contributed by atoms with Crippen molar-refractivity contribution >= 4 is 85.9 Å². The van der Waals surface area contributed by atoms with Crippen molar-refractivity contribution in [2.24, 2.45) is 22.2 Å². The summed E-state index contributed by atoms with van der Waals surface area (Å²) < 4.78 is 110.